The summed E-state index contributed by atoms with van der Waals surface area (Å²) in [6.07, 6.45) is 12.9. The molecule has 104 valence electrons. The van der Waals surface area contributed by atoms with Crippen molar-refractivity contribution >= 4 is 0 Å². The van der Waals surface area contributed by atoms with Crippen LogP contribution in [0.4, 0.5) is 0 Å². The lowest BCUT2D eigenvalue weighted by atomic mass is 9.94. The molecular formula is C17H36. The minimum atomic E-state index is 0.882. The van der Waals surface area contributed by atoms with E-state index in [9.17, 15) is 0 Å². The van der Waals surface area contributed by atoms with Gasteiger partial charge in [0, 0.05) is 0 Å². The zero-order valence-electron chi connectivity index (χ0n) is 13.1. The zero-order valence-corrected chi connectivity index (χ0v) is 13.1. The second-order valence-corrected chi connectivity index (χ2v) is 6.58. The summed E-state index contributed by atoms with van der Waals surface area (Å²) in [6.45, 7) is 11.8. The summed E-state index contributed by atoms with van der Waals surface area (Å²) in [5, 5.41) is 0. The van der Waals surface area contributed by atoms with Crippen molar-refractivity contribution in [1.82, 2.24) is 0 Å². The van der Waals surface area contributed by atoms with Crippen molar-refractivity contribution < 1.29 is 0 Å². The van der Waals surface area contributed by atoms with Crippen molar-refractivity contribution in [2.24, 2.45) is 17.8 Å². The third kappa shape index (κ3) is 12.2. The monoisotopic (exact) mass is 240 g/mol. The van der Waals surface area contributed by atoms with Gasteiger partial charge in [0.2, 0.25) is 0 Å². The molecule has 0 amide bonds. The standard InChI is InChI=1S/C17H36/c1-6-16(4)11-9-7-8-10-12-17(5)14-13-15(2)3/h15-17H,6-14H2,1-5H3. The van der Waals surface area contributed by atoms with Crippen molar-refractivity contribution in [3.63, 3.8) is 0 Å². The van der Waals surface area contributed by atoms with E-state index in [-0.39, 0.29) is 0 Å². The van der Waals surface area contributed by atoms with Crippen LogP contribution < -0.4 is 0 Å². The van der Waals surface area contributed by atoms with Crippen LogP contribution in [0.1, 0.15) is 92.4 Å². The van der Waals surface area contributed by atoms with Gasteiger partial charge < -0.3 is 0 Å². The largest absolute Gasteiger partial charge is 0.0651 e. The predicted octanol–water partition coefficient (Wildman–Crippen LogP) is 6.45. The van der Waals surface area contributed by atoms with Crippen molar-refractivity contribution in [2.45, 2.75) is 92.4 Å². The second-order valence-electron chi connectivity index (χ2n) is 6.58. The number of unbranched alkanes of at least 4 members (excludes halogenated alkanes) is 3. The van der Waals surface area contributed by atoms with Gasteiger partial charge in [-0.25, -0.2) is 0 Å². The minimum absolute atomic E-state index is 0.882. The van der Waals surface area contributed by atoms with Gasteiger partial charge in [0.1, 0.15) is 0 Å². The molecule has 0 N–H and O–H groups in total. The Morgan fingerprint density at radius 1 is 0.588 bits per heavy atom. The summed E-state index contributed by atoms with van der Waals surface area (Å²) in [6, 6.07) is 0. The molecule has 0 heteroatoms. The molecule has 0 spiro atoms. The van der Waals surface area contributed by atoms with E-state index in [1.54, 1.807) is 0 Å². The van der Waals surface area contributed by atoms with Crippen LogP contribution >= 0.6 is 0 Å². The molecule has 0 bridgehead atoms. The van der Waals surface area contributed by atoms with Gasteiger partial charge in [-0.3, -0.25) is 0 Å². The lowest BCUT2D eigenvalue weighted by Crippen LogP contribution is -1.98. The predicted molar refractivity (Wildman–Crippen MR) is 80.4 cm³/mol. The topological polar surface area (TPSA) is 0 Å². The fourth-order valence-electron chi connectivity index (χ4n) is 2.31. The molecule has 2 atom stereocenters. The van der Waals surface area contributed by atoms with Gasteiger partial charge in [-0.15, -0.1) is 0 Å². The Morgan fingerprint density at radius 2 is 1.12 bits per heavy atom. The molecule has 2 unspecified atom stereocenters. The first-order valence-electron chi connectivity index (χ1n) is 8.06. The van der Waals surface area contributed by atoms with E-state index < -0.39 is 0 Å². The van der Waals surface area contributed by atoms with Crippen LogP contribution in [0.15, 0.2) is 0 Å². The Morgan fingerprint density at radius 3 is 1.59 bits per heavy atom. The molecule has 0 aliphatic carbocycles. The van der Waals surface area contributed by atoms with E-state index in [1.807, 2.05) is 0 Å². The summed E-state index contributed by atoms with van der Waals surface area (Å²) >= 11 is 0. The molecule has 0 rings (SSSR count). The molecule has 0 saturated heterocycles. The normalized spacial score (nSPS) is 15.2. The van der Waals surface area contributed by atoms with Gasteiger partial charge in [0.05, 0.1) is 0 Å². The summed E-state index contributed by atoms with van der Waals surface area (Å²) < 4.78 is 0. The quantitative estimate of drug-likeness (QED) is 0.364. The SMILES string of the molecule is CCC(C)CCCCCCC(C)CCC(C)C. The Bertz CT molecular complexity index is 148. The summed E-state index contributed by atoms with van der Waals surface area (Å²) in [7, 11) is 0. The molecule has 0 aliphatic heterocycles. The smallest absolute Gasteiger partial charge is 0.0443 e. The number of rotatable bonds is 11. The lowest BCUT2D eigenvalue weighted by Gasteiger charge is -2.13. The number of hydrogen-bond acceptors (Lipinski definition) is 0. The van der Waals surface area contributed by atoms with Gasteiger partial charge in [0.25, 0.3) is 0 Å². The first kappa shape index (κ1) is 17.0. The molecule has 0 nitrogen and oxygen atoms in total. The molecule has 0 aliphatic rings. The van der Waals surface area contributed by atoms with Crippen LogP contribution in [0.25, 0.3) is 0 Å². The van der Waals surface area contributed by atoms with Crippen LogP contribution in [0.5, 0.6) is 0 Å². The van der Waals surface area contributed by atoms with Crippen LogP contribution in [-0.4, -0.2) is 0 Å². The average molecular weight is 240 g/mol. The summed E-state index contributed by atoms with van der Waals surface area (Å²) in [5.74, 6) is 2.78. The zero-order chi connectivity index (χ0) is 13.1. The van der Waals surface area contributed by atoms with E-state index in [0.29, 0.717) is 0 Å². The fourth-order valence-corrected chi connectivity index (χ4v) is 2.31. The third-order valence-electron chi connectivity index (χ3n) is 4.08. The average Bonchev–Trinajstić information content (AvgIpc) is 2.30. The van der Waals surface area contributed by atoms with Crippen molar-refractivity contribution in [3.8, 4) is 0 Å². The van der Waals surface area contributed by atoms with Crippen molar-refractivity contribution in [1.29, 1.82) is 0 Å². The molecular weight excluding hydrogens is 204 g/mol. The van der Waals surface area contributed by atoms with Crippen LogP contribution in [0, 0.1) is 17.8 Å². The van der Waals surface area contributed by atoms with E-state index >= 15 is 0 Å². The highest BCUT2D eigenvalue weighted by Crippen LogP contribution is 2.19. The van der Waals surface area contributed by atoms with Gasteiger partial charge in [-0.2, -0.15) is 0 Å². The van der Waals surface area contributed by atoms with E-state index in [2.05, 4.69) is 34.6 Å². The molecule has 0 saturated carbocycles. The molecule has 0 aromatic rings. The summed E-state index contributed by atoms with van der Waals surface area (Å²) in [4.78, 5) is 0. The molecule has 0 aromatic heterocycles. The lowest BCUT2D eigenvalue weighted by molar-refractivity contribution is 0.405. The highest BCUT2D eigenvalue weighted by atomic mass is 14.1. The van der Waals surface area contributed by atoms with Gasteiger partial charge >= 0.3 is 0 Å². The van der Waals surface area contributed by atoms with Crippen LogP contribution in [-0.2, 0) is 0 Å². The Kier molecular flexibility index (Phi) is 11.1. The van der Waals surface area contributed by atoms with Gasteiger partial charge in [-0.05, 0) is 17.8 Å². The Hall–Kier alpha value is 0. The molecule has 0 heterocycles. The Balaban J connectivity index is 3.21. The first-order valence-corrected chi connectivity index (χ1v) is 8.06. The van der Waals surface area contributed by atoms with Gasteiger partial charge in [0.15, 0.2) is 0 Å². The van der Waals surface area contributed by atoms with E-state index in [4.69, 9.17) is 0 Å². The van der Waals surface area contributed by atoms with E-state index in [1.165, 1.54) is 57.8 Å². The van der Waals surface area contributed by atoms with Crippen molar-refractivity contribution in [3.05, 3.63) is 0 Å². The van der Waals surface area contributed by atoms with Gasteiger partial charge in [-0.1, -0.05) is 92.4 Å². The maximum atomic E-state index is 2.43. The second kappa shape index (κ2) is 11.1. The maximum Gasteiger partial charge on any atom is -0.0443 e. The summed E-state index contributed by atoms with van der Waals surface area (Å²) in [5.41, 5.74) is 0. The maximum absolute atomic E-state index is 2.43. The third-order valence-corrected chi connectivity index (χ3v) is 4.08. The molecule has 0 radical (unpaired) electrons. The van der Waals surface area contributed by atoms with Crippen molar-refractivity contribution in [2.75, 3.05) is 0 Å². The first-order chi connectivity index (χ1) is 8.06. The minimum Gasteiger partial charge on any atom is -0.0651 e. The van der Waals surface area contributed by atoms with Crippen LogP contribution in [0.3, 0.4) is 0 Å². The van der Waals surface area contributed by atoms with E-state index in [0.717, 1.165) is 17.8 Å². The number of hydrogen-bond donors (Lipinski definition) is 0. The molecule has 17 heavy (non-hydrogen) atoms. The van der Waals surface area contributed by atoms with Crippen LogP contribution in [0.2, 0.25) is 0 Å². The fraction of sp³-hybridized carbons (Fsp3) is 1.00. The Labute approximate surface area is 111 Å². The highest BCUT2D eigenvalue weighted by molar-refractivity contribution is 4.57. The molecule has 0 aromatic carbocycles. The highest BCUT2D eigenvalue weighted by Gasteiger charge is 2.04. The molecule has 0 fully saturated rings.